The van der Waals surface area contributed by atoms with E-state index in [2.05, 4.69) is 15.5 Å². The molecule has 1 amide bonds. The van der Waals surface area contributed by atoms with E-state index in [1.807, 2.05) is 0 Å². The summed E-state index contributed by atoms with van der Waals surface area (Å²) in [5.74, 6) is -1.95. The number of carbonyl (C=O) groups excluding carboxylic acids is 1. The van der Waals surface area contributed by atoms with E-state index in [0.717, 1.165) is 44.9 Å². The Bertz CT molecular complexity index is 485. The van der Waals surface area contributed by atoms with Crippen molar-refractivity contribution in [3.63, 3.8) is 0 Å². The molecule has 0 bridgehead atoms. The van der Waals surface area contributed by atoms with Gasteiger partial charge in [-0.1, -0.05) is 0 Å². The minimum Gasteiger partial charge on any atom is -0.481 e. The number of benzene rings is 1. The molecule has 0 saturated carbocycles. The summed E-state index contributed by atoms with van der Waals surface area (Å²) in [5, 5.41) is 5.96. The van der Waals surface area contributed by atoms with Crippen LogP contribution < -0.4 is 15.4 Å². The molecule has 1 aromatic rings. The van der Waals surface area contributed by atoms with E-state index in [1.165, 1.54) is 6.07 Å². The highest BCUT2D eigenvalue weighted by Gasteiger charge is 2.10. The summed E-state index contributed by atoms with van der Waals surface area (Å²) in [4.78, 5) is 13.8. The van der Waals surface area contributed by atoms with Crippen LogP contribution in [0.15, 0.2) is 18.2 Å². The summed E-state index contributed by atoms with van der Waals surface area (Å²) >= 11 is 0. The van der Waals surface area contributed by atoms with Crippen molar-refractivity contribution < 1.29 is 18.3 Å². The lowest BCUT2D eigenvalue weighted by atomic mass is 10.3. The number of carbonyl (C=O) groups is 1. The van der Waals surface area contributed by atoms with Crippen LogP contribution in [0.5, 0.6) is 5.75 Å². The maximum atomic E-state index is 13.3. The van der Waals surface area contributed by atoms with Crippen molar-refractivity contribution in [1.82, 2.24) is 15.5 Å². The zero-order valence-electron chi connectivity index (χ0n) is 12.1. The molecule has 124 valence electrons. The Balaban J connectivity index is 0.00000242. The van der Waals surface area contributed by atoms with Crippen molar-refractivity contribution in [3.8, 4) is 5.75 Å². The number of halogens is 3. The minimum absolute atomic E-state index is 0. The van der Waals surface area contributed by atoms with Gasteiger partial charge >= 0.3 is 0 Å². The van der Waals surface area contributed by atoms with E-state index < -0.39 is 11.6 Å². The summed E-state index contributed by atoms with van der Waals surface area (Å²) in [5.41, 5.74) is 0. The quantitative estimate of drug-likeness (QED) is 0.807. The molecule has 1 aromatic carbocycles. The molecule has 22 heavy (non-hydrogen) atoms. The topological polar surface area (TPSA) is 53.6 Å². The predicted molar refractivity (Wildman–Crippen MR) is 81.4 cm³/mol. The van der Waals surface area contributed by atoms with Gasteiger partial charge in [0.2, 0.25) is 0 Å². The third kappa shape index (κ3) is 6.13. The van der Waals surface area contributed by atoms with Crippen LogP contribution in [0, 0.1) is 11.6 Å². The third-order valence-corrected chi connectivity index (χ3v) is 3.21. The lowest BCUT2D eigenvalue weighted by molar-refractivity contribution is -0.123. The monoisotopic (exact) mass is 335 g/mol. The molecule has 0 aromatic heterocycles. The van der Waals surface area contributed by atoms with E-state index in [1.54, 1.807) is 0 Å². The van der Waals surface area contributed by atoms with Crippen LogP contribution >= 0.6 is 12.4 Å². The average molecular weight is 336 g/mol. The maximum absolute atomic E-state index is 13.3. The van der Waals surface area contributed by atoms with Crippen molar-refractivity contribution in [1.29, 1.82) is 0 Å². The summed E-state index contributed by atoms with van der Waals surface area (Å²) in [6.07, 6.45) is 0. The fourth-order valence-corrected chi connectivity index (χ4v) is 2.07. The van der Waals surface area contributed by atoms with Gasteiger partial charge in [-0.3, -0.25) is 9.69 Å². The lowest BCUT2D eigenvalue weighted by Crippen LogP contribution is -2.46. The summed E-state index contributed by atoms with van der Waals surface area (Å²) < 4.78 is 31.0. The molecular weight excluding hydrogens is 316 g/mol. The number of piperazine rings is 1. The molecule has 1 saturated heterocycles. The van der Waals surface area contributed by atoms with E-state index in [-0.39, 0.29) is 30.7 Å². The number of hydrogen-bond donors (Lipinski definition) is 2. The molecule has 0 unspecified atom stereocenters. The molecule has 0 aliphatic carbocycles. The molecule has 1 aliphatic rings. The average Bonchev–Trinajstić information content (AvgIpc) is 2.47. The number of amides is 1. The Morgan fingerprint density at radius 1 is 1.32 bits per heavy atom. The summed E-state index contributed by atoms with van der Waals surface area (Å²) in [6, 6.07) is 2.97. The first-order chi connectivity index (χ1) is 10.1. The molecule has 1 aliphatic heterocycles. The first-order valence-electron chi connectivity index (χ1n) is 6.93. The fourth-order valence-electron chi connectivity index (χ4n) is 2.07. The zero-order valence-corrected chi connectivity index (χ0v) is 12.9. The van der Waals surface area contributed by atoms with Gasteiger partial charge in [-0.05, 0) is 12.1 Å². The SMILES string of the molecule is Cl.O=C(COc1ccc(F)cc1F)NCCN1CCNCC1. The highest BCUT2D eigenvalue weighted by atomic mass is 35.5. The van der Waals surface area contributed by atoms with Crippen LogP contribution in [0.4, 0.5) is 8.78 Å². The molecule has 0 spiro atoms. The highest BCUT2D eigenvalue weighted by molar-refractivity contribution is 5.85. The number of ether oxygens (including phenoxy) is 1. The Labute approximate surface area is 134 Å². The van der Waals surface area contributed by atoms with Crippen LogP contribution in [0.1, 0.15) is 0 Å². The minimum atomic E-state index is -0.816. The molecule has 0 radical (unpaired) electrons. The van der Waals surface area contributed by atoms with E-state index in [4.69, 9.17) is 4.74 Å². The van der Waals surface area contributed by atoms with Crippen molar-refractivity contribution in [2.24, 2.45) is 0 Å². The van der Waals surface area contributed by atoms with Crippen molar-refractivity contribution in [3.05, 3.63) is 29.8 Å². The number of rotatable bonds is 6. The number of hydrogen-bond acceptors (Lipinski definition) is 4. The largest absolute Gasteiger partial charge is 0.481 e. The third-order valence-electron chi connectivity index (χ3n) is 3.21. The van der Waals surface area contributed by atoms with Crippen molar-refractivity contribution in [2.75, 3.05) is 45.9 Å². The second-order valence-electron chi connectivity index (χ2n) is 4.81. The Kier molecular flexibility index (Phi) is 8.08. The Morgan fingerprint density at radius 2 is 2.05 bits per heavy atom. The number of nitrogens with one attached hydrogen (secondary N) is 2. The molecule has 1 heterocycles. The standard InChI is InChI=1S/C14H19F2N3O2.ClH/c15-11-1-2-13(12(16)9-11)21-10-14(20)18-5-8-19-6-3-17-4-7-19;/h1-2,9,17H,3-8,10H2,(H,18,20);1H. The molecular formula is C14H20ClF2N3O2. The van der Waals surface area contributed by atoms with Crippen LogP contribution in [-0.2, 0) is 4.79 Å². The van der Waals surface area contributed by atoms with Gasteiger partial charge in [0.05, 0.1) is 0 Å². The Hall–Kier alpha value is -1.44. The molecule has 8 heteroatoms. The van der Waals surface area contributed by atoms with Crippen LogP contribution in [0.25, 0.3) is 0 Å². The van der Waals surface area contributed by atoms with Crippen LogP contribution in [-0.4, -0.2) is 56.7 Å². The van der Waals surface area contributed by atoms with Gasteiger partial charge in [0.25, 0.3) is 5.91 Å². The summed E-state index contributed by atoms with van der Waals surface area (Å²) in [7, 11) is 0. The van der Waals surface area contributed by atoms with Crippen LogP contribution in [0.3, 0.4) is 0 Å². The Morgan fingerprint density at radius 3 is 2.73 bits per heavy atom. The normalized spacial score (nSPS) is 15.0. The maximum Gasteiger partial charge on any atom is 0.257 e. The molecule has 2 rings (SSSR count). The molecule has 2 N–H and O–H groups in total. The van der Waals surface area contributed by atoms with E-state index in [0.29, 0.717) is 6.54 Å². The van der Waals surface area contributed by atoms with E-state index >= 15 is 0 Å². The second kappa shape index (κ2) is 9.55. The first kappa shape index (κ1) is 18.6. The van der Waals surface area contributed by atoms with Crippen LogP contribution in [0.2, 0.25) is 0 Å². The predicted octanol–water partition coefficient (Wildman–Crippen LogP) is 0.787. The van der Waals surface area contributed by atoms with Crippen molar-refractivity contribution in [2.45, 2.75) is 0 Å². The molecule has 1 fully saturated rings. The second-order valence-corrected chi connectivity index (χ2v) is 4.81. The van der Waals surface area contributed by atoms with Crippen molar-refractivity contribution >= 4 is 18.3 Å². The van der Waals surface area contributed by atoms with Gasteiger partial charge in [0.1, 0.15) is 5.82 Å². The smallest absolute Gasteiger partial charge is 0.257 e. The summed E-state index contributed by atoms with van der Waals surface area (Å²) in [6.45, 7) is 4.86. The lowest BCUT2D eigenvalue weighted by Gasteiger charge is -2.27. The van der Waals surface area contributed by atoms with Gasteiger partial charge in [-0.2, -0.15) is 0 Å². The molecule has 5 nitrogen and oxygen atoms in total. The van der Waals surface area contributed by atoms with E-state index in [9.17, 15) is 13.6 Å². The van der Waals surface area contributed by atoms with Gasteiger partial charge in [-0.15, -0.1) is 12.4 Å². The fraction of sp³-hybridized carbons (Fsp3) is 0.500. The molecule has 0 atom stereocenters. The van der Waals surface area contributed by atoms with Gasteiger partial charge < -0.3 is 15.4 Å². The zero-order chi connectivity index (χ0) is 15.1. The highest BCUT2D eigenvalue weighted by Crippen LogP contribution is 2.17. The van der Waals surface area contributed by atoms with Gasteiger partial charge in [0, 0.05) is 45.3 Å². The van der Waals surface area contributed by atoms with Gasteiger partial charge in [0.15, 0.2) is 18.2 Å². The first-order valence-corrected chi connectivity index (χ1v) is 6.93. The number of nitrogens with zero attached hydrogens (tertiary/aromatic N) is 1. The van der Waals surface area contributed by atoms with Gasteiger partial charge in [-0.25, -0.2) is 8.78 Å².